The van der Waals surface area contributed by atoms with Crippen molar-refractivity contribution in [2.45, 2.75) is 26.3 Å². The van der Waals surface area contributed by atoms with E-state index in [1.165, 1.54) is 20.3 Å². The molecule has 1 aromatic carbocycles. The van der Waals surface area contributed by atoms with E-state index in [1.54, 1.807) is 43.2 Å². The third-order valence-corrected chi connectivity index (χ3v) is 8.39. The highest BCUT2D eigenvalue weighted by Gasteiger charge is 2.45. The number of anilines is 1. The number of fused-ring (bicyclic) bond motifs is 1. The second-order valence-electron chi connectivity index (χ2n) is 7.45. The summed E-state index contributed by atoms with van der Waals surface area (Å²) in [4.78, 5) is 40.2. The minimum atomic E-state index is -0.865. The number of esters is 2. The molecule has 7 nitrogen and oxygen atoms in total. The third-order valence-electron chi connectivity index (χ3n) is 5.13. The molecule has 0 fully saturated rings. The van der Waals surface area contributed by atoms with E-state index in [1.807, 2.05) is 13.8 Å². The molecule has 174 valence electrons. The summed E-state index contributed by atoms with van der Waals surface area (Å²) < 4.78 is 15.8. The van der Waals surface area contributed by atoms with Gasteiger partial charge in [-0.15, -0.1) is 0 Å². The molecule has 33 heavy (non-hydrogen) atoms. The molecular formula is C23H23NO6S3. The predicted molar refractivity (Wildman–Crippen MR) is 135 cm³/mol. The Hall–Kier alpha value is -2.56. The maximum Gasteiger partial charge on any atom is 0.346 e. The smallest absolute Gasteiger partial charge is 0.346 e. The normalized spacial score (nSPS) is 17.4. The molecule has 0 aromatic heterocycles. The molecule has 0 N–H and O–H groups in total. The number of benzene rings is 1. The van der Waals surface area contributed by atoms with Gasteiger partial charge in [-0.3, -0.25) is 9.69 Å². The van der Waals surface area contributed by atoms with Gasteiger partial charge in [-0.25, -0.2) is 9.59 Å². The summed E-state index contributed by atoms with van der Waals surface area (Å²) in [5.74, 6) is -0.911. The molecule has 0 atom stereocenters. The molecule has 0 bridgehead atoms. The van der Waals surface area contributed by atoms with Gasteiger partial charge in [0.15, 0.2) is 0 Å². The van der Waals surface area contributed by atoms with Gasteiger partial charge < -0.3 is 14.2 Å². The molecule has 3 rings (SSSR count). The lowest BCUT2D eigenvalue weighted by atomic mass is 9.83. The number of ether oxygens (including phenoxy) is 3. The molecule has 0 unspecified atom stereocenters. The number of thioether (sulfide) groups is 2. The monoisotopic (exact) mass is 505 g/mol. The topological polar surface area (TPSA) is 82.1 Å². The van der Waals surface area contributed by atoms with Crippen LogP contribution in [0.4, 0.5) is 5.69 Å². The van der Waals surface area contributed by atoms with Crippen molar-refractivity contribution in [3.05, 3.63) is 50.0 Å². The molecule has 0 saturated heterocycles. The Balaban J connectivity index is 2.28. The number of amides is 1. The van der Waals surface area contributed by atoms with Gasteiger partial charge in [-0.2, -0.15) is 0 Å². The molecule has 2 aliphatic rings. The van der Waals surface area contributed by atoms with Gasteiger partial charge in [0.2, 0.25) is 0 Å². The van der Waals surface area contributed by atoms with E-state index in [0.717, 1.165) is 23.5 Å². The van der Waals surface area contributed by atoms with Crippen molar-refractivity contribution in [1.29, 1.82) is 0 Å². The lowest BCUT2D eigenvalue weighted by Gasteiger charge is -2.45. The van der Waals surface area contributed by atoms with Crippen LogP contribution in [0.25, 0.3) is 5.57 Å². The lowest BCUT2D eigenvalue weighted by molar-refractivity contribution is -0.138. The number of hydrogen-bond acceptors (Lipinski definition) is 9. The van der Waals surface area contributed by atoms with Crippen LogP contribution < -0.4 is 9.64 Å². The molecular weight excluding hydrogens is 482 g/mol. The van der Waals surface area contributed by atoms with Gasteiger partial charge in [0, 0.05) is 11.1 Å². The first-order valence-electron chi connectivity index (χ1n) is 9.83. The fourth-order valence-corrected chi connectivity index (χ4v) is 6.57. The van der Waals surface area contributed by atoms with Gasteiger partial charge in [0.05, 0.1) is 41.7 Å². The van der Waals surface area contributed by atoms with Crippen LogP contribution in [-0.4, -0.2) is 49.6 Å². The first kappa shape index (κ1) is 25.1. The second-order valence-corrected chi connectivity index (χ2v) is 10.2. The molecule has 0 saturated carbocycles. The van der Waals surface area contributed by atoms with Crippen molar-refractivity contribution in [1.82, 2.24) is 0 Å². The van der Waals surface area contributed by atoms with Crippen molar-refractivity contribution in [2.75, 3.05) is 26.2 Å². The number of thiocarbonyl (C=S) groups is 1. The third kappa shape index (κ3) is 4.34. The molecule has 1 amide bonds. The fourth-order valence-electron chi connectivity index (χ4n) is 3.54. The molecule has 2 heterocycles. The summed E-state index contributed by atoms with van der Waals surface area (Å²) in [6.45, 7) is 5.50. The highest BCUT2D eigenvalue weighted by atomic mass is 32.2. The SMILES string of the molecule is C/C=C/C(=O)N1c2ccc(OC)cc2C(=C2SC(C(=O)OC)=C(C(=O)OC)S2)C(=S)C1(C)C. The molecule has 2 aliphatic heterocycles. The van der Waals surface area contributed by atoms with Gasteiger partial charge in [-0.05, 0) is 45.0 Å². The van der Waals surface area contributed by atoms with Crippen LogP contribution >= 0.6 is 35.7 Å². The van der Waals surface area contributed by atoms with Crippen LogP contribution in [0.3, 0.4) is 0 Å². The first-order valence-corrected chi connectivity index (χ1v) is 11.9. The molecule has 0 spiro atoms. The summed E-state index contributed by atoms with van der Waals surface area (Å²) in [6.07, 6.45) is 3.17. The van der Waals surface area contributed by atoms with Crippen LogP contribution in [0, 0.1) is 0 Å². The van der Waals surface area contributed by atoms with Crippen LogP contribution in [0.5, 0.6) is 5.75 Å². The zero-order valence-electron chi connectivity index (χ0n) is 19.0. The van der Waals surface area contributed by atoms with E-state index >= 15 is 0 Å². The van der Waals surface area contributed by atoms with Crippen LogP contribution in [0.2, 0.25) is 0 Å². The Morgan fingerprint density at radius 3 is 2.09 bits per heavy atom. The predicted octanol–water partition coefficient (Wildman–Crippen LogP) is 4.47. The number of carbonyl (C=O) groups is 3. The van der Waals surface area contributed by atoms with Crippen molar-refractivity contribution in [3.8, 4) is 5.75 Å². The number of allylic oxidation sites excluding steroid dienone is 1. The minimum Gasteiger partial charge on any atom is -0.497 e. The van der Waals surface area contributed by atoms with E-state index in [2.05, 4.69) is 0 Å². The number of methoxy groups -OCH3 is 3. The Kier molecular flexibility index (Phi) is 7.40. The minimum absolute atomic E-state index is 0.134. The molecule has 0 aliphatic carbocycles. The molecule has 1 aromatic rings. The molecule has 0 radical (unpaired) electrons. The van der Waals surface area contributed by atoms with Gasteiger partial charge in [0.25, 0.3) is 5.91 Å². The maximum atomic E-state index is 13.1. The van der Waals surface area contributed by atoms with Crippen LogP contribution in [0.1, 0.15) is 26.3 Å². The van der Waals surface area contributed by atoms with Crippen molar-refractivity contribution in [2.24, 2.45) is 0 Å². The van der Waals surface area contributed by atoms with Gasteiger partial charge in [0.1, 0.15) is 15.6 Å². The average Bonchev–Trinajstić information content (AvgIpc) is 3.23. The van der Waals surface area contributed by atoms with E-state index in [-0.39, 0.29) is 15.7 Å². The lowest BCUT2D eigenvalue weighted by Crippen LogP contribution is -2.55. The van der Waals surface area contributed by atoms with Crippen molar-refractivity contribution < 1.29 is 28.6 Å². The first-order chi connectivity index (χ1) is 15.6. The average molecular weight is 506 g/mol. The summed E-state index contributed by atoms with van der Waals surface area (Å²) in [6, 6.07) is 5.37. The van der Waals surface area contributed by atoms with Crippen molar-refractivity contribution >= 4 is 69.7 Å². The van der Waals surface area contributed by atoms with Gasteiger partial charge in [-0.1, -0.05) is 41.8 Å². The Labute approximate surface area is 206 Å². The zero-order valence-corrected chi connectivity index (χ0v) is 21.5. The summed E-state index contributed by atoms with van der Waals surface area (Å²) in [7, 11) is 4.05. The maximum absolute atomic E-state index is 13.1. The zero-order chi connectivity index (χ0) is 24.5. The molecule has 10 heteroatoms. The van der Waals surface area contributed by atoms with Crippen molar-refractivity contribution in [3.63, 3.8) is 0 Å². The fraction of sp³-hybridized carbons (Fsp3) is 0.304. The Morgan fingerprint density at radius 2 is 1.61 bits per heavy atom. The van der Waals surface area contributed by atoms with Crippen LogP contribution in [0.15, 0.2) is 44.4 Å². The second kappa shape index (κ2) is 9.74. The summed E-state index contributed by atoms with van der Waals surface area (Å²) in [5, 5.41) is 0. The summed E-state index contributed by atoms with van der Waals surface area (Å²) in [5.41, 5.74) is 1.11. The number of nitrogens with zero attached hydrogens (tertiary/aromatic N) is 1. The summed E-state index contributed by atoms with van der Waals surface area (Å²) >= 11 is 8.12. The van der Waals surface area contributed by atoms with Gasteiger partial charge >= 0.3 is 11.9 Å². The van der Waals surface area contributed by atoms with E-state index < -0.39 is 17.5 Å². The Morgan fingerprint density at radius 1 is 1.03 bits per heavy atom. The largest absolute Gasteiger partial charge is 0.497 e. The Bertz CT molecular complexity index is 1120. The quantitative estimate of drug-likeness (QED) is 0.334. The van der Waals surface area contributed by atoms with Crippen LogP contribution in [-0.2, 0) is 23.9 Å². The number of rotatable bonds is 4. The standard InChI is InChI=1S/C23H23NO6S3/c1-7-8-15(25)24-14-10-9-12(28-4)11-13(14)16(19(31)23(24,2)3)22-32-17(20(26)29-5)18(33-22)21(27)30-6/h7-11H,1-6H3/b8-7+. The van der Waals surface area contributed by atoms with E-state index in [9.17, 15) is 14.4 Å². The number of hydrogen-bond donors (Lipinski definition) is 0. The highest BCUT2D eigenvalue weighted by molar-refractivity contribution is 8.29. The highest BCUT2D eigenvalue weighted by Crippen LogP contribution is 2.56. The number of carbonyl (C=O) groups excluding carboxylic acids is 3. The van der Waals surface area contributed by atoms with E-state index in [4.69, 9.17) is 26.4 Å². The van der Waals surface area contributed by atoms with E-state index in [0.29, 0.717) is 31.7 Å².